The molecule has 1 heterocycles. The van der Waals surface area contributed by atoms with E-state index in [1.165, 1.54) is 0 Å². The fraction of sp³-hybridized carbons (Fsp3) is 0.667. The number of nitrogen functional groups attached to an aromatic ring is 1. The summed E-state index contributed by atoms with van der Waals surface area (Å²) in [4.78, 5) is 11.6. The second-order valence-electron chi connectivity index (χ2n) is 4.50. The van der Waals surface area contributed by atoms with Crippen LogP contribution in [0.1, 0.15) is 39.4 Å². The summed E-state index contributed by atoms with van der Waals surface area (Å²) in [6.45, 7) is 9.74. The topological polar surface area (TPSA) is 82.2 Å². The molecular formula is C12H22N4O2. The number of esters is 1. The predicted octanol–water partition coefficient (Wildman–Crippen LogP) is 1.72. The molecule has 0 saturated heterocycles. The van der Waals surface area contributed by atoms with Crippen LogP contribution >= 0.6 is 0 Å². The van der Waals surface area contributed by atoms with Crippen LogP contribution in [0.4, 0.5) is 11.5 Å². The Morgan fingerprint density at radius 1 is 1.50 bits per heavy atom. The van der Waals surface area contributed by atoms with Crippen LogP contribution in [-0.2, 0) is 9.53 Å². The van der Waals surface area contributed by atoms with E-state index in [-0.39, 0.29) is 12.0 Å². The first kappa shape index (κ1) is 14.3. The average molecular weight is 254 g/mol. The zero-order chi connectivity index (χ0) is 13.9. The summed E-state index contributed by atoms with van der Waals surface area (Å²) in [7, 11) is 0. The standard InChI is InChI=1S/C12H22N4O2/c1-6-18-12(17)9(5)14-11-10(13)8(4)15-16(11)7(2)3/h7,9,14H,6,13H2,1-5H3. The Morgan fingerprint density at radius 2 is 2.11 bits per heavy atom. The number of aryl methyl sites for hydroxylation is 1. The van der Waals surface area contributed by atoms with Crippen LogP contribution in [0.15, 0.2) is 0 Å². The fourth-order valence-corrected chi connectivity index (χ4v) is 1.61. The van der Waals surface area contributed by atoms with E-state index in [4.69, 9.17) is 10.5 Å². The molecule has 0 aliphatic rings. The van der Waals surface area contributed by atoms with Gasteiger partial charge in [-0.3, -0.25) is 0 Å². The molecule has 0 spiro atoms. The molecule has 6 nitrogen and oxygen atoms in total. The van der Waals surface area contributed by atoms with E-state index >= 15 is 0 Å². The van der Waals surface area contributed by atoms with Gasteiger partial charge in [-0.2, -0.15) is 5.10 Å². The van der Waals surface area contributed by atoms with Crippen molar-refractivity contribution in [3.63, 3.8) is 0 Å². The highest BCUT2D eigenvalue weighted by molar-refractivity contribution is 5.80. The lowest BCUT2D eigenvalue weighted by Crippen LogP contribution is -2.29. The lowest BCUT2D eigenvalue weighted by molar-refractivity contribution is -0.143. The number of nitrogens with zero attached hydrogens (tertiary/aromatic N) is 2. The van der Waals surface area contributed by atoms with Crippen molar-refractivity contribution in [1.29, 1.82) is 0 Å². The highest BCUT2D eigenvalue weighted by Crippen LogP contribution is 2.26. The average Bonchev–Trinajstić information content (AvgIpc) is 2.57. The Labute approximate surface area is 107 Å². The lowest BCUT2D eigenvalue weighted by Gasteiger charge is -2.17. The molecule has 102 valence electrons. The van der Waals surface area contributed by atoms with Crippen molar-refractivity contribution in [2.24, 2.45) is 0 Å². The SMILES string of the molecule is CCOC(=O)C(C)Nc1c(N)c(C)nn1C(C)C. The molecule has 1 aromatic rings. The van der Waals surface area contributed by atoms with Gasteiger partial charge in [0.15, 0.2) is 0 Å². The van der Waals surface area contributed by atoms with Gasteiger partial charge in [0.2, 0.25) is 0 Å². The van der Waals surface area contributed by atoms with Gasteiger partial charge in [0.1, 0.15) is 11.9 Å². The Bertz CT molecular complexity index is 426. The van der Waals surface area contributed by atoms with Gasteiger partial charge in [0.25, 0.3) is 0 Å². The third-order valence-electron chi connectivity index (χ3n) is 2.61. The quantitative estimate of drug-likeness (QED) is 0.782. The third-order valence-corrected chi connectivity index (χ3v) is 2.61. The molecule has 0 aromatic carbocycles. The van der Waals surface area contributed by atoms with Crippen LogP contribution in [0, 0.1) is 6.92 Å². The number of rotatable bonds is 5. The van der Waals surface area contributed by atoms with Crippen molar-refractivity contribution in [1.82, 2.24) is 9.78 Å². The van der Waals surface area contributed by atoms with Gasteiger partial charge in [-0.25, -0.2) is 9.48 Å². The predicted molar refractivity (Wildman–Crippen MR) is 71.5 cm³/mol. The maximum atomic E-state index is 11.6. The summed E-state index contributed by atoms with van der Waals surface area (Å²) >= 11 is 0. The van der Waals surface area contributed by atoms with Crippen molar-refractivity contribution in [3.05, 3.63) is 5.69 Å². The van der Waals surface area contributed by atoms with Gasteiger partial charge in [0.05, 0.1) is 18.0 Å². The van der Waals surface area contributed by atoms with Gasteiger partial charge in [-0.05, 0) is 34.6 Å². The minimum Gasteiger partial charge on any atom is -0.464 e. The van der Waals surface area contributed by atoms with Crippen LogP contribution < -0.4 is 11.1 Å². The van der Waals surface area contributed by atoms with Gasteiger partial charge in [-0.15, -0.1) is 0 Å². The number of aromatic nitrogens is 2. The zero-order valence-electron chi connectivity index (χ0n) is 11.7. The number of hydrogen-bond donors (Lipinski definition) is 2. The molecule has 1 atom stereocenters. The van der Waals surface area contributed by atoms with E-state index in [0.29, 0.717) is 18.1 Å². The highest BCUT2D eigenvalue weighted by Gasteiger charge is 2.20. The molecule has 0 aliphatic heterocycles. The Kier molecular flexibility index (Phi) is 4.58. The van der Waals surface area contributed by atoms with E-state index in [2.05, 4.69) is 10.4 Å². The second kappa shape index (κ2) is 5.75. The molecular weight excluding hydrogens is 232 g/mol. The van der Waals surface area contributed by atoms with Crippen molar-refractivity contribution in [3.8, 4) is 0 Å². The summed E-state index contributed by atoms with van der Waals surface area (Å²) in [6.07, 6.45) is 0. The maximum Gasteiger partial charge on any atom is 0.328 e. The van der Waals surface area contributed by atoms with Gasteiger partial charge < -0.3 is 15.8 Å². The first-order valence-electron chi connectivity index (χ1n) is 6.16. The lowest BCUT2D eigenvalue weighted by atomic mass is 10.3. The van der Waals surface area contributed by atoms with E-state index < -0.39 is 6.04 Å². The number of anilines is 2. The van der Waals surface area contributed by atoms with Crippen LogP contribution in [0.3, 0.4) is 0 Å². The van der Waals surface area contributed by atoms with E-state index in [1.807, 2.05) is 20.8 Å². The van der Waals surface area contributed by atoms with Crippen LogP contribution in [0.5, 0.6) is 0 Å². The summed E-state index contributed by atoms with van der Waals surface area (Å²) in [5.41, 5.74) is 7.29. The largest absolute Gasteiger partial charge is 0.464 e. The summed E-state index contributed by atoms with van der Waals surface area (Å²) in [5.74, 6) is 0.370. The number of carbonyl (C=O) groups is 1. The highest BCUT2D eigenvalue weighted by atomic mass is 16.5. The monoisotopic (exact) mass is 254 g/mol. The van der Waals surface area contributed by atoms with Crippen LogP contribution in [0.25, 0.3) is 0 Å². The summed E-state index contributed by atoms with van der Waals surface area (Å²) in [5, 5.41) is 7.41. The minimum absolute atomic E-state index is 0.165. The Morgan fingerprint density at radius 3 is 2.61 bits per heavy atom. The molecule has 0 saturated carbocycles. The number of ether oxygens (including phenoxy) is 1. The molecule has 0 amide bonds. The minimum atomic E-state index is -0.458. The summed E-state index contributed by atoms with van der Waals surface area (Å²) in [6, 6.07) is -0.293. The Hall–Kier alpha value is -1.72. The molecule has 0 radical (unpaired) electrons. The van der Waals surface area contributed by atoms with E-state index in [1.54, 1.807) is 18.5 Å². The first-order chi connectivity index (χ1) is 8.38. The van der Waals surface area contributed by atoms with Crippen molar-refractivity contribution in [2.75, 3.05) is 17.7 Å². The molecule has 0 fully saturated rings. The summed E-state index contributed by atoms with van der Waals surface area (Å²) < 4.78 is 6.73. The molecule has 1 unspecified atom stereocenters. The molecule has 0 bridgehead atoms. The van der Waals surface area contributed by atoms with Crippen molar-refractivity contribution < 1.29 is 9.53 Å². The molecule has 3 N–H and O–H groups in total. The number of nitrogens with two attached hydrogens (primary N) is 1. The fourth-order valence-electron chi connectivity index (χ4n) is 1.61. The van der Waals surface area contributed by atoms with Gasteiger partial charge in [-0.1, -0.05) is 0 Å². The zero-order valence-corrected chi connectivity index (χ0v) is 11.7. The third kappa shape index (κ3) is 2.94. The second-order valence-corrected chi connectivity index (χ2v) is 4.50. The number of hydrogen-bond acceptors (Lipinski definition) is 5. The van der Waals surface area contributed by atoms with Crippen LogP contribution in [-0.4, -0.2) is 28.4 Å². The van der Waals surface area contributed by atoms with E-state index in [9.17, 15) is 4.79 Å². The molecule has 0 aliphatic carbocycles. The maximum absolute atomic E-state index is 11.6. The van der Waals surface area contributed by atoms with Crippen molar-refractivity contribution >= 4 is 17.5 Å². The van der Waals surface area contributed by atoms with Crippen LogP contribution in [0.2, 0.25) is 0 Å². The smallest absolute Gasteiger partial charge is 0.328 e. The van der Waals surface area contributed by atoms with Gasteiger partial charge in [0, 0.05) is 6.04 Å². The van der Waals surface area contributed by atoms with Crippen molar-refractivity contribution in [2.45, 2.75) is 46.7 Å². The first-order valence-corrected chi connectivity index (χ1v) is 6.16. The Balaban J connectivity index is 2.93. The normalized spacial score (nSPS) is 12.6. The molecule has 6 heteroatoms. The molecule has 1 rings (SSSR count). The van der Waals surface area contributed by atoms with Gasteiger partial charge >= 0.3 is 5.97 Å². The number of nitrogens with one attached hydrogen (secondary N) is 1. The molecule has 18 heavy (non-hydrogen) atoms. The number of carbonyl (C=O) groups excluding carboxylic acids is 1. The molecule has 1 aromatic heterocycles. The van der Waals surface area contributed by atoms with E-state index in [0.717, 1.165) is 5.69 Å².